The van der Waals surface area contributed by atoms with Gasteiger partial charge in [0, 0.05) is 11.8 Å². The summed E-state index contributed by atoms with van der Waals surface area (Å²) < 4.78 is 0. The van der Waals surface area contributed by atoms with Crippen molar-refractivity contribution < 1.29 is 14.7 Å². The van der Waals surface area contributed by atoms with E-state index in [-0.39, 0.29) is 0 Å². The van der Waals surface area contributed by atoms with E-state index in [9.17, 15) is 9.59 Å². The molecule has 0 aliphatic carbocycles. The first-order chi connectivity index (χ1) is 7.51. The zero-order valence-corrected chi connectivity index (χ0v) is 10.8. The van der Waals surface area contributed by atoms with Gasteiger partial charge < -0.3 is 15.7 Å². The summed E-state index contributed by atoms with van der Waals surface area (Å²) in [5.41, 5.74) is 0. The van der Waals surface area contributed by atoms with Crippen molar-refractivity contribution in [1.29, 1.82) is 0 Å². The second kappa shape index (κ2) is 8.27. The van der Waals surface area contributed by atoms with Crippen LogP contribution in [0.2, 0.25) is 0 Å². The van der Waals surface area contributed by atoms with Crippen LogP contribution in [0.25, 0.3) is 0 Å². The molecule has 2 unspecified atom stereocenters. The van der Waals surface area contributed by atoms with Gasteiger partial charge in [-0.05, 0) is 19.1 Å². The Morgan fingerprint density at radius 2 is 2.06 bits per heavy atom. The summed E-state index contributed by atoms with van der Waals surface area (Å²) >= 11 is 1.73. The monoisotopic (exact) mass is 248 g/mol. The summed E-state index contributed by atoms with van der Waals surface area (Å²) in [5.74, 6) is -1.00. The molecule has 16 heavy (non-hydrogen) atoms. The number of hydrogen-bond donors (Lipinski definition) is 3. The fourth-order valence-electron chi connectivity index (χ4n) is 1.05. The SMILES string of the molecule is CCC(NC(=O)NCCC(C)SC)C(=O)O. The summed E-state index contributed by atoms with van der Waals surface area (Å²) in [5, 5.41) is 14.3. The van der Waals surface area contributed by atoms with Gasteiger partial charge in [-0.1, -0.05) is 13.8 Å². The van der Waals surface area contributed by atoms with Crippen LogP contribution in [0.5, 0.6) is 0 Å². The number of rotatable bonds is 7. The minimum Gasteiger partial charge on any atom is -0.480 e. The normalized spacial score (nSPS) is 13.9. The maximum absolute atomic E-state index is 11.3. The second-order valence-electron chi connectivity index (χ2n) is 3.53. The van der Waals surface area contributed by atoms with Crippen molar-refractivity contribution in [3.63, 3.8) is 0 Å². The van der Waals surface area contributed by atoms with Gasteiger partial charge in [0.15, 0.2) is 0 Å². The van der Waals surface area contributed by atoms with Crippen molar-refractivity contribution in [2.45, 2.75) is 38.0 Å². The third-order valence-corrected chi connectivity index (χ3v) is 3.29. The average Bonchev–Trinajstić information content (AvgIpc) is 2.25. The molecular formula is C10H20N2O3S. The fourth-order valence-corrected chi connectivity index (χ4v) is 1.41. The van der Waals surface area contributed by atoms with E-state index in [2.05, 4.69) is 17.6 Å². The largest absolute Gasteiger partial charge is 0.480 e. The Hall–Kier alpha value is -0.910. The molecule has 5 nitrogen and oxygen atoms in total. The van der Waals surface area contributed by atoms with Crippen LogP contribution in [0.1, 0.15) is 26.7 Å². The van der Waals surface area contributed by atoms with Crippen LogP contribution >= 0.6 is 11.8 Å². The van der Waals surface area contributed by atoms with Crippen LogP contribution in [0.15, 0.2) is 0 Å². The van der Waals surface area contributed by atoms with Crippen LogP contribution in [0.3, 0.4) is 0 Å². The summed E-state index contributed by atoms with van der Waals surface area (Å²) in [6.07, 6.45) is 3.27. The number of carbonyl (C=O) groups excluding carboxylic acids is 1. The van der Waals surface area contributed by atoms with Gasteiger partial charge in [0.2, 0.25) is 0 Å². The minimum atomic E-state index is -1.00. The van der Waals surface area contributed by atoms with Gasteiger partial charge >= 0.3 is 12.0 Å². The summed E-state index contributed by atoms with van der Waals surface area (Å²) in [6, 6.07) is -1.22. The van der Waals surface area contributed by atoms with Crippen molar-refractivity contribution in [1.82, 2.24) is 10.6 Å². The van der Waals surface area contributed by atoms with Crippen molar-refractivity contribution in [2.24, 2.45) is 0 Å². The standard InChI is InChI=1S/C10H20N2O3S/c1-4-8(9(13)14)12-10(15)11-6-5-7(2)16-3/h7-8H,4-6H2,1-3H3,(H,13,14)(H2,11,12,15). The zero-order chi connectivity index (χ0) is 12.6. The molecule has 0 fully saturated rings. The highest BCUT2D eigenvalue weighted by molar-refractivity contribution is 7.99. The average molecular weight is 248 g/mol. The molecule has 0 heterocycles. The van der Waals surface area contributed by atoms with E-state index < -0.39 is 18.0 Å². The predicted octanol–water partition coefficient (Wildman–Crippen LogP) is 1.29. The molecule has 0 aliphatic rings. The van der Waals surface area contributed by atoms with Crippen LogP contribution in [-0.4, -0.2) is 41.2 Å². The van der Waals surface area contributed by atoms with Gasteiger partial charge in [-0.2, -0.15) is 11.8 Å². The number of carboxylic acid groups (broad SMARTS) is 1. The molecule has 0 radical (unpaired) electrons. The summed E-state index contributed by atoms with van der Waals surface area (Å²) in [7, 11) is 0. The topological polar surface area (TPSA) is 78.4 Å². The van der Waals surface area contributed by atoms with E-state index in [0.29, 0.717) is 18.2 Å². The second-order valence-corrected chi connectivity index (χ2v) is 4.81. The Bertz CT molecular complexity index is 236. The fraction of sp³-hybridized carbons (Fsp3) is 0.800. The van der Waals surface area contributed by atoms with E-state index >= 15 is 0 Å². The van der Waals surface area contributed by atoms with Gasteiger partial charge in [-0.15, -0.1) is 0 Å². The lowest BCUT2D eigenvalue weighted by Crippen LogP contribution is -2.46. The van der Waals surface area contributed by atoms with Gasteiger partial charge in [-0.3, -0.25) is 0 Å². The highest BCUT2D eigenvalue weighted by Gasteiger charge is 2.16. The summed E-state index contributed by atoms with van der Waals surface area (Å²) in [4.78, 5) is 21.9. The van der Waals surface area contributed by atoms with Gasteiger partial charge in [0.25, 0.3) is 0 Å². The molecule has 0 bridgehead atoms. The molecule has 0 spiro atoms. The Morgan fingerprint density at radius 3 is 2.50 bits per heavy atom. The maximum Gasteiger partial charge on any atom is 0.326 e. The Balaban J connectivity index is 3.77. The first-order valence-corrected chi connectivity index (χ1v) is 6.60. The predicted molar refractivity (Wildman–Crippen MR) is 65.8 cm³/mol. The lowest BCUT2D eigenvalue weighted by Gasteiger charge is -2.14. The number of urea groups is 1. The van der Waals surface area contributed by atoms with E-state index in [1.807, 2.05) is 6.26 Å². The molecule has 0 aliphatic heterocycles. The Kier molecular flexibility index (Phi) is 7.80. The molecule has 2 amide bonds. The highest BCUT2D eigenvalue weighted by atomic mass is 32.2. The number of carbonyl (C=O) groups is 2. The van der Waals surface area contributed by atoms with E-state index in [1.54, 1.807) is 18.7 Å². The van der Waals surface area contributed by atoms with E-state index in [4.69, 9.17) is 5.11 Å². The molecule has 0 aromatic rings. The van der Waals surface area contributed by atoms with Crippen LogP contribution in [-0.2, 0) is 4.79 Å². The molecule has 0 aromatic heterocycles. The smallest absolute Gasteiger partial charge is 0.326 e. The lowest BCUT2D eigenvalue weighted by atomic mass is 10.2. The number of hydrogen-bond acceptors (Lipinski definition) is 3. The Morgan fingerprint density at radius 1 is 1.44 bits per heavy atom. The molecule has 0 rings (SSSR count). The molecule has 0 saturated carbocycles. The number of aliphatic carboxylic acids is 1. The van der Waals surface area contributed by atoms with Crippen molar-refractivity contribution in [2.75, 3.05) is 12.8 Å². The molecule has 0 saturated heterocycles. The number of amides is 2. The third kappa shape index (κ3) is 6.55. The summed E-state index contributed by atoms with van der Waals surface area (Å²) in [6.45, 7) is 4.36. The quantitative estimate of drug-likeness (QED) is 0.634. The van der Waals surface area contributed by atoms with Gasteiger partial charge in [-0.25, -0.2) is 9.59 Å². The lowest BCUT2D eigenvalue weighted by molar-refractivity contribution is -0.139. The Labute approximate surface area is 100 Å². The number of thioether (sulfide) groups is 1. The maximum atomic E-state index is 11.3. The third-order valence-electron chi connectivity index (χ3n) is 2.25. The first-order valence-electron chi connectivity index (χ1n) is 5.31. The van der Waals surface area contributed by atoms with Crippen molar-refractivity contribution in [3.05, 3.63) is 0 Å². The molecule has 0 aromatic carbocycles. The molecule has 94 valence electrons. The highest BCUT2D eigenvalue weighted by Crippen LogP contribution is 2.07. The van der Waals surface area contributed by atoms with Crippen LogP contribution in [0, 0.1) is 0 Å². The van der Waals surface area contributed by atoms with Crippen LogP contribution < -0.4 is 10.6 Å². The van der Waals surface area contributed by atoms with Gasteiger partial charge in [0.05, 0.1) is 0 Å². The first kappa shape index (κ1) is 15.1. The van der Waals surface area contributed by atoms with E-state index in [1.165, 1.54) is 0 Å². The van der Waals surface area contributed by atoms with Crippen molar-refractivity contribution >= 4 is 23.8 Å². The number of nitrogens with one attached hydrogen (secondary N) is 2. The minimum absolute atomic E-state index is 0.379. The van der Waals surface area contributed by atoms with E-state index in [0.717, 1.165) is 6.42 Å². The van der Waals surface area contributed by atoms with Crippen molar-refractivity contribution in [3.8, 4) is 0 Å². The zero-order valence-electron chi connectivity index (χ0n) is 9.95. The number of carboxylic acids is 1. The van der Waals surface area contributed by atoms with Crippen LogP contribution in [0.4, 0.5) is 4.79 Å². The molecule has 2 atom stereocenters. The van der Waals surface area contributed by atoms with Gasteiger partial charge in [0.1, 0.15) is 6.04 Å². The molecular weight excluding hydrogens is 228 g/mol. The molecule has 3 N–H and O–H groups in total. The molecule has 6 heteroatoms.